The molecule has 0 N–H and O–H groups in total. The van der Waals surface area contributed by atoms with Crippen molar-refractivity contribution in [1.82, 2.24) is 0 Å². The smallest absolute Gasteiger partial charge is 0.338 e. The van der Waals surface area contributed by atoms with Crippen molar-refractivity contribution in [2.24, 2.45) is 0 Å². The van der Waals surface area contributed by atoms with Gasteiger partial charge in [0.25, 0.3) is 0 Å². The van der Waals surface area contributed by atoms with Crippen LogP contribution in [0.4, 0.5) is 0 Å². The maximum absolute atomic E-state index is 11.0. The second-order valence-electron chi connectivity index (χ2n) is 3.43. The average Bonchev–Trinajstić information content (AvgIpc) is 2.78. The molecule has 0 radical (unpaired) electrons. The maximum Gasteiger partial charge on any atom is 0.338 e. The zero-order valence-electron chi connectivity index (χ0n) is 8.33. The van der Waals surface area contributed by atoms with Gasteiger partial charge in [-0.1, -0.05) is 0 Å². The van der Waals surface area contributed by atoms with E-state index in [1.165, 1.54) is 7.11 Å². The highest BCUT2D eigenvalue weighted by Gasteiger charge is 2.57. The van der Waals surface area contributed by atoms with Gasteiger partial charge < -0.3 is 14.2 Å². The van der Waals surface area contributed by atoms with E-state index in [4.69, 9.17) is 9.47 Å². The lowest BCUT2D eigenvalue weighted by molar-refractivity contribution is -0.142. The Hall–Kier alpha value is -0.610. The standard InChI is InChI=1S/C9H16O4/c1-9(5-4-6-11-2)7(13-9)8(10)12-3/h7H,4-6H2,1-3H3. The largest absolute Gasteiger partial charge is 0.467 e. The number of ether oxygens (including phenoxy) is 3. The van der Waals surface area contributed by atoms with Gasteiger partial charge in [-0.15, -0.1) is 0 Å². The molecule has 76 valence electrons. The summed E-state index contributed by atoms with van der Waals surface area (Å²) in [5.41, 5.74) is -0.314. The van der Waals surface area contributed by atoms with Gasteiger partial charge in [0.05, 0.1) is 7.11 Å². The highest BCUT2D eigenvalue weighted by Crippen LogP contribution is 2.40. The van der Waals surface area contributed by atoms with Crippen molar-refractivity contribution < 1.29 is 19.0 Å². The first-order valence-electron chi connectivity index (χ1n) is 4.38. The third-order valence-corrected chi connectivity index (χ3v) is 2.32. The van der Waals surface area contributed by atoms with Crippen molar-refractivity contribution >= 4 is 5.97 Å². The first-order valence-corrected chi connectivity index (χ1v) is 4.38. The van der Waals surface area contributed by atoms with Crippen LogP contribution in [0.5, 0.6) is 0 Å². The van der Waals surface area contributed by atoms with E-state index in [9.17, 15) is 4.79 Å². The molecule has 1 heterocycles. The molecule has 2 atom stereocenters. The Balaban J connectivity index is 2.24. The number of esters is 1. The number of rotatable bonds is 5. The first kappa shape index (κ1) is 10.5. The summed E-state index contributed by atoms with van der Waals surface area (Å²) in [6.07, 6.45) is 1.37. The molecular formula is C9H16O4. The van der Waals surface area contributed by atoms with Crippen molar-refractivity contribution in [3.63, 3.8) is 0 Å². The monoisotopic (exact) mass is 188 g/mol. The molecule has 13 heavy (non-hydrogen) atoms. The molecular weight excluding hydrogens is 172 g/mol. The van der Waals surface area contributed by atoms with Crippen LogP contribution < -0.4 is 0 Å². The molecule has 2 unspecified atom stereocenters. The number of hydrogen-bond acceptors (Lipinski definition) is 4. The summed E-state index contributed by atoms with van der Waals surface area (Å²) >= 11 is 0. The van der Waals surface area contributed by atoms with Gasteiger partial charge in [0, 0.05) is 13.7 Å². The third kappa shape index (κ3) is 2.42. The van der Waals surface area contributed by atoms with Crippen molar-refractivity contribution in [3.05, 3.63) is 0 Å². The van der Waals surface area contributed by atoms with Crippen LogP contribution in [-0.4, -0.2) is 38.5 Å². The van der Waals surface area contributed by atoms with Crippen LogP contribution >= 0.6 is 0 Å². The molecule has 0 amide bonds. The zero-order valence-corrected chi connectivity index (χ0v) is 8.33. The fourth-order valence-corrected chi connectivity index (χ4v) is 1.40. The molecule has 0 saturated carbocycles. The van der Waals surface area contributed by atoms with E-state index < -0.39 is 0 Å². The highest BCUT2D eigenvalue weighted by atomic mass is 16.6. The van der Waals surface area contributed by atoms with Gasteiger partial charge >= 0.3 is 5.97 Å². The lowest BCUT2D eigenvalue weighted by atomic mass is 10.0. The van der Waals surface area contributed by atoms with E-state index in [-0.39, 0.29) is 17.7 Å². The van der Waals surface area contributed by atoms with Crippen LogP contribution in [0.1, 0.15) is 19.8 Å². The minimum absolute atomic E-state index is 0.278. The van der Waals surface area contributed by atoms with Gasteiger partial charge in [0.2, 0.25) is 0 Å². The maximum atomic E-state index is 11.0. The molecule has 0 aliphatic carbocycles. The highest BCUT2D eigenvalue weighted by molar-refractivity contribution is 5.79. The van der Waals surface area contributed by atoms with Crippen molar-refractivity contribution in [1.29, 1.82) is 0 Å². The fourth-order valence-electron chi connectivity index (χ4n) is 1.40. The Bertz CT molecular complexity index is 192. The van der Waals surface area contributed by atoms with Crippen LogP contribution in [0.2, 0.25) is 0 Å². The third-order valence-electron chi connectivity index (χ3n) is 2.32. The molecule has 1 rings (SSSR count). The van der Waals surface area contributed by atoms with Crippen LogP contribution in [-0.2, 0) is 19.0 Å². The van der Waals surface area contributed by atoms with E-state index in [1.807, 2.05) is 6.92 Å². The van der Waals surface area contributed by atoms with E-state index >= 15 is 0 Å². The van der Waals surface area contributed by atoms with Gasteiger partial charge in [-0.25, -0.2) is 4.79 Å². The molecule has 0 aromatic heterocycles. The van der Waals surface area contributed by atoms with Gasteiger partial charge in [0.15, 0.2) is 6.10 Å². The van der Waals surface area contributed by atoms with E-state index in [2.05, 4.69) is 4.74 Å². The molecule has 0 bridgehead atoms. The summed E-state index contributed by atoms with van der Waals surface area (Å²) < 4.78 is 14.8. The van der Waals surface area contributed by atoms with Gasteiger partial charge in [-0.3, -0.25) is 0 Å². The lowest BCUT2D eigenvalue weighted by Gasteiger charge is -2.04. The lowest BCUT2D eigenvalue weighted by Crippen LogP contribution is -2.19. The minimum atomic E-state index is -0.366. The van der Waals surface area contributed by atoms with Crippen molar-refractivity contribution in [2.45, 2.75) is 31.5 Å². The first-order chi connectivity index (χ1) is 6.14. The average molecular weight is 188 g/mol. The quantitative estimate of drug-likeness (QED) is 0.363. The molecule has 1 saturated heterocycles. The summed E-state index contributed by atoms with van der Waals surface area (Å²) in [4.78, 5) is 11.0. The zero-order chi connectivity index (χ0) is 9.90. The van der Waals surface area contributed by atoms with Crippen LogP contribution in [0.25, 0.3) is 0 Å². The Labute approximate surface area is 78.2 Å². The number of carbonyl (C=O) groups excluding carboxylic acids is 1. The van der Waals surface area contributed by atoms with E-state index in [1.54, 1.807) is 7.11 Å². The van der Waals surface area contributed by atoms with Gasteiger partial charge in [0.1, 0.15) is 5.60 Å². The van der Waals surface area contributed by atoms with Crippen LogP contribution in [0.15, 0.2) is 0 Å². The van der Waals surface area contributed by atoms with Crippen molar-refractivity contribution in [3.8, 4) is 0 Å². The van der Waals surface area contributed by atoms with Crippen LogP contribution in [0.3, 0.4) is 0 Å². The van der Waals surface area contributed by atoms with E-state index in [0.717, 1.165) is 12.8 Å². The molecule has 0 aromatic carbocycles. The predicted octanol–water partition coefficient (Wildman–Crippen LogP) is 0.744. The Morgan fingerprint density at radius 1 is 1.54 bits per heavy atom. The second-order valence-corrected chi connectivity index (χ2v) is 3.43. The fraction of sp³-hybridized carbons (Fsp3) is 0.889. The molecule has 0 aromatic rings. The second kappa shape index (κ2) is 4.07. The predicted molar refractivity (Wildman–Crippen MR) is 46.4 cm³/mol. The Kier molecular flexibility index (Phi) is 3.27. The topological polar surface area (TPSA) is 48.1 Å². The van der Waals surface area contributed by atoms with E-state index in [0.29, 0.717) is 6.61 Å². The van der Waals surface area contributed by atoms with Crippen LogP contribution in [0, 0.1) is 0 Å². The molecule has 4 nitrogen and oxygen atoms in total. The molecule has 4 heteroatoms. The number of methoxy groups -OCH3 is 2. The number of carbonyl (C=O) groups is 1. The van der Waals surface area contributed by atoms with Crippen molar-refractivity contribution in [2.75, 3.05) is 20.8 Å². The number of epoxide rings is 1. The Morgan fingerprint density at radius 2 is 2.23 bits per heavy atom. The summed E-state index contributed by atoms with van der Waals surface area (Å²) in [6, 6.07) is 0. The van der Waals surface area contributed by atoms with Gasteiger partial charge in [-0.2, -0.15) is 0 Å². The summed E-state index contributed by atoms with van der Waals surface area (Å²) in [7, 11) is 3.04. The Morgan fingerprint density at radius 3 is 2.77 bits per heavy atom. The normalized spacial score (nSPS) is 31.5. The molecule has 1 aliphatic rings. The number of hydrogen-bond donors (Lipinski definition) is 0. The summed E-state index contributed by atoms with van der Waals surface area (Å²) in [5, 5.41) is 0. The molecule has 1 fully saturated rings. The van der Waals surface area contributed by atoms with Gasteiger partial charge in [-0.05, 0) is 19.8 Å². The summed E-state index contributed by atoms with van der Waals surface area (Å²) in [5.74, 6) is -0.278. The minimum Gasteiger partial charge on any atom is -0.467 e. The SMILES string of the molecule is COCCCC1(C)OC1C(=O)OC. The summed E-state index contributed by atoms with van der Waals surface area (Å²) in [6.45, 7) is 2.62. The molecule has 1 aliphatic heterocycles. The molecule has 0 spiro atoms.